The van der Waals surface area contributed by atoms with E-state index in [0.717, 1.165) is 6.42 Å². The number of carbonyl (C=O) groups excluding carboxylic acids is 1. The summed E-state index contributed by atoms with van der Waals surface area (Å²) in [5.41, 5.74) is 0. The lowest BCUT2D eigenvalue weighted by Gasteiger charge is -2.25. The van der Waals surface area contributed by atoms with Crippen molar-refractivity contribution < 1.29 is 19.4 Å². The van der Waals surface area contributed by atoms with Gasteiger partial charge in [0.15, 0.2) is 0 Å². The highest BCUT2D eigenvalue weighted by Crippen LogP contribution is 2.31. The van der Waals surface area contributed by atoms with Gasteiger partial charge in [-0.2, -0.15) is 0 Å². The second-order valence-electron chi connectivity index (χ2n) is 4.98. The first-order chi connectivity index (χ1) is 8.11. The molecule has 1 saturated carbocycles. The Hall–Kier alpha value is -1.06. The third-order valence-electron chi connectivity index (χ3n) is 3.54. The minimum absolute atomic E-state index is 0.0666. The van der Waals surface area contributed by atoms with E-state index in [2.05, 4.69) is 4.74 Å². The maximum Gasteiger partial charge on any atom is 0.305 e. The van der Waals surface area contributed by atoms with Crippen LogP contribution in [0.4, 0.5) is 0 Å². The molecule has 98 valence electrons. The van der Waals surface area contributed by atoms with E-state index in [4.69, 9.17) is 5.11 Å². The summed E-state index contributed by atoms with van der Waals surface area (Å²) >= 11 is 0. The molecule has 0 aromatic heterocycles. The number of carbonyl (C=O) groups is 2. The predicted molar refractivity (Wildman–Crippen MR) is 63.6 cm³/mol. The first-order valence-corrected chi connectivity index (χ1v) is 6.40. The molecule has 4 heteroatoms. The number of hydrogen-bond donors (Lipinski definition) is 1. The highest BCUT2D eigenvalue weighted by atomic mass is 16.5. The van der Waals surface area contributed by atoms with Gasteiger partial charge in [-0.1, -0.05) is 32.1 Å². The zero-order valence-corrected chi connectivity index (χ0v) is 10.5. The van der Waals surface area contributed by atoms with Gasteiger partial charge in [0, 0.05) is 12.8 Å². The van der Waals surface area contributed by atoms with E-state index in [1.165, 1.54) is 39.2 Å². The molecule has 1 unspecified atom stereocenters. The second-order valence-corrected chi connectivity index (χ2v) is 4.98. The molecule has 0 aromatic carbocycles. The highest BCUT2D eigenvalue weighted by Gasteiger charge is 2.23. The molecule has 1 fully saturated rings. The van der Waals surface area contributed by atoms with E-state index in [-0.39, 0.29) is 24.7 Å². The molecule has 0 saturated heterocycles. The summed E-state index contributed by atoms with van der Waals surface area (Å²) in [4.78, 5) is 22.0. The molecule has 0 aromatic rings. The summed E-state index contributed by atoms with van der Waals surface area (Å²) in [6.07, 6.45) is 7.28. The molecule has 0 aliphatic heterocycles. The lowest BCUT2D eigenvalue weighted by Crippen LogP contribution is -2.18. The molecule has 1 atom stereocenters. The average molecular weight is 242 g/mol. The van der Waals surface area contributed by atoms with Crippen LogP contribution in [0.5, 0.6) is 0 Å². The number of ether oxygens (including phenoxy) is 1. The van der Waals surface area contributed by atoms with Gasteiger partial charge in [-0.25, -0.2) is 0 Å². The number of hydrogen-bond acceptors (Lipinski definition) is 3. The molecule has 0 amide bonds. The van der Waals surface area contributed by atoms with Crippen LogP contribution < -0.4 is 0 Å². The largest absolute Gasteiger partial charge is 0.481 e. The van der Waals surface area contributed by atoms with E-state index in [0.29, 0.717) is 5.92 Å². The van der Waals surface area contributed by atoms with Crippen molar-refractivity contribution in [3.8, 4) is 0 Å². The number of carboxylic acids is 1. The second kappa shape index (κ2) is 7.30. The topological polar surface area (TPSA) is 63.6 Å². The molecule has 4 nitrogen and oxygen atoms in total. The summed E-state index contributed by atoms with van der Waals surface area (Å²) in [5.74, 6) is -0.595. The molecule has 1 aliphatic carbocycles. The van der Waals surface area contributed by atoms with Gasteiger partial charge in [0.2, 0.25) is 0 Å². The zero-order valence-electron chi connectivity index (χ0n) is 10.5. The van der Waals surface area contributed by atoms with Crippen LogP contribution in [-0.4, -0.2) is 24.2 Å². The Balaban J connectivity index is 2.43. The van der Waals surface area contributed by atoms with E-state index in [9.17, 15) is 9.59 Å². The van der Waals surface area contributed by atoms with Crippen molar-refractivity contribution in [1.29, 1.82) is 0 Å². The van der Waals surface area contributed by atoms with Gasteiger partial charge in [0.05, 0.1) is 7.11 Å². The first kappa shape index (κ1) is 14.0. The van der Waals surface area contributed by atoms with Gasteiger partial charge in [-0.05, 0) is 18.3 Å². The van der Waals surface area contributed by atoms with Crippen LogP contribution in [0.25, 0.3) is 0 Å². The SMILES string of the molecule is COC(=O)CC(CC(=O)O)CC1CCCCC1. The summed E-state index contributed by atoms with van der Waals surface area (Å²) in [6, 6.07) is 0. The van der Waals surface area contributed by atoms with Crippen LogP contribution in [0.2, 0.25) is 0 Å². The number of methoxy groups -OCH3 is 1. The van der Waals surface area contributed by atoms with Crippen molar-refractivity contribution in [3.63, 3.8) is 0 Å². The van der Waals surface area contributed by atoms with Crippen molar-refractivity contribution in [2.75, 3.05) is 7.11 Å². The first-order valence-electron chi connectivity index (χ1n) is 6.40. The van der Waals surface area contributed by atoms with Gasteiger partial charge in [-0.3, -0.25) is 9.59 Å². The van der Waals surface area contributed by atoms with E-state index >= 15 is 0 Å². The average Bonchev–Trinajstić information content (AvgIpc) is 2.29. The van der Waals surface area contributed by atoms with Crippen molar-refractivity contribution >= 4 is 11.9 Å². The fourth-order valence-corrected chi connectivity index (χ4v) is 2.70. The van der Waals surface area contributed by atoms with Crippen LogP contribution in [0.1, 0.15) is 51.4 Å². The Labute approximate surface area is 102 Å². The van der Waals surface area contributed by atoms with Crippen LogP contribution >= 0.6 is 0 Å². The monoisotopic (exact) mass is 242 g/mol. The van der Waals surface area contributed by atoms with Gasteiger partial charge in [-0.15, -0.1) is 0 Å². The van der Waals surface area contributed by atoms with Crippen molar-refractivity contribution in [3.05, 3.63) is 0 Å². The van der Waals surface area contributed by atoms with Crippen LogP contribution in [0.15, 0.2) is 0 Å². The summed E-state index contributed by atoms with van der Waals surface area (Å²) in [6.45, 7) is 0. The molecule has 0 bridgehead atoms. The molecular weight excluding hydrogens is 220 g/mol. The fourth-order valence-electron chi connectivity index (χ4n) is 2.70. The Kier molecular flexibility index (Phi) is 6.01. The standard InChI is InChI=1S/C13H22O4/c1-17-13(16)9-11(8-12(14)15)7-10-5-3-2-4-6-10/h10-11H,2-9H2,1H3,(H,14,15). The molecule has 1 aliphatic rings. The summed E-state index contributed by atoms with van der Waals surface area (Å²) < 4.78 is 4.62. The molecule has 1 N–H and O–H groups in total. The number of aliphatic carboxylic acids is 1. The third-order valence-corrected chi connectivity index (χ3v) is 3.54. The van der Waals surface area contributed by atoms with Crippen molar-refractivity contribution in [2.45, 2.75) is 51.4 Å². The lowest BCUT2D eigenvalue weighted by molar-refractivity contribution is -0.143. The van der Waals surface area contributed by atoms with Crippen LogP contribution in [0.3, 0.4) is 0 Å². The fraction of sp³-hybridized carbons (Fsp3) is 0.846. The van der Waals surface area contributed by atoms with E-state index in [1.807, 2.05) is 0 Å². The quantitative estimate of drug-likeness (QED) is 0.727. The van der Waals surface area contributed by atoms with Gasteiger partial charge >= 0.3 is 11.9 Å². The Morgan fingerprint density at radius 2 is 1.88 bits per heavy atom. The minimum Gasteiger partial charge on any atom is -0.481 e. The maximum absolute atomic E-state index is 11.2. The summed E-state index contributed by atoms with van der Waals surface area (Å²) in [5, 5.41) is 8.85. The molecule has 17 heavy (non-hydrogen) atoms. The predicted octanol–water partition coefficient (Wildman–Crippen LogP) is 2.61. The Bertz CT molecular complexity index is 256. The highest BCUT2D eigenvalue weighted by molar-refractivity contribution is 5.72. The number of esters is 1. The van der Waals surface area contributed by atoms with Gasteiger partial charge in [0.1, 0.15) is 0 Å². The minimum atomic E-state index is -0.824. The van der Waals surface area contributed by atoms with Crippen LogP contribution in [0, 0.1) is 11.8 Å². The maximum atomic E-state index is 11.2. The third kappa shape index (κ3) is 5.71. The van der Waals surface area contributed by atoms with E-state index in [1.54, 1.807) is 0 Å². The van der Waals surface area contributed by atoms with Gasteiger partial charge < -0.3 is 9.84 Å². The Morgan fingerprint density at radius 1 is 1.24 bits per heavy atom. The molecular formula is C13H22O4. The van der Waals surface area contributed by atoms with Gasteiger partial charge in [0.25, 0.3) is 0 Å². The van der Waals surface area contributed by atoms with Crippen molar-refractivity contribution in [2.24, 2.45) is 11.8 Å². The van der Waals surface area contributed by atoms with Crippen LogP contribution in [-0.2, 0) is 14.3 Å². The zero-order chi connectivity index (χ0) is 12.7. The molecule has 0 heterocycles. The van der Waals surface area contributed by atoms with Crippen molar-refractivity contribution in [1.82, 2.24) is 0 Å². The molecule has 1 rings (SSSR count). The normalized spacial score (nSPS) is 18.6. The summed E-state index contributed by atoms with van der Waals surface area (Å²) in [7, 11) is 1.35. The van der Waals surface area contributed by atoms with E-state index < -0.39 is 5.97 Å². The number of rotatable bonds is 6. The molecule has 0 radical (unpaired) electrons. The molecule has 0 spiro atoms. The Morgan fingerprint density at radius 3 is 2.41 bits per heavy atom. The smallest absolute Gasteiger partial charge is 0.305 e. The number of carboxylic acid groups (broad SMARTS) is 1. The lowest BCUT2D eigenvalue weighted by atomic mass is 9.81.